The first-order valence-electron chi connectivity index (χ1n) is 6.58. The number of halogens is 1. The van der Waals surface area contributed by atoms with E-state index >= 15 is 0 Å². The third kappa shape index (κ3) is 3.21. The fourth-order valence-corrected chi connectivity index (χ4v) is 4.97. The molecule has 0 N–H and O–H groups in total. The summed E-state index contributed by atoms with van der Waals surface area (Å²) < 4.78 is 10.7. The van der Waals surface area contributed by atoms with E-state index in [9.17, 15) is 4.79 Å². The molecule has 0 atom stereocenters. The van der Waals surface area contributed by atoms with E-state index in [1.165, 1.54) is 9.79 Å². The van der Waals surface area contributed by atoms with E-state index < -0.39 is 5.97 Å². The van der Waals surface area contributed by atoms with Crippen molar-refractivity contribution in [2.75, 3.05) is 13.0 Å². The van der Waals surface area contributed by atoms with Gasteiger partial charge in [0.15, 0.2) is 11.5 Å². The fraction of sp³-hybridized carbons (Fsp3) is 0.188. The first-order chi connectivity index (χ1) is 10.7. The van der Waals surface area contributed by atoms with Gasteiger partial charge < -0.3 is 9.47 Å². The van der Waals surface area contributed by atoms with E-state index in [-0.39, 0.29) is 10.5 Å². The molecular formula is C16H13ClO3S2. The number of rotatable bonds is 4. The van der Waals surface area contributed by atoms with Crippen LogP contribution in [0.1, 0.15) is 10.1 Å². The molecule has 2 aromatic carbocycles. The lowest BCUT2D eigenvalue weighted by Gasteiger charge is -2.13. The average molecular weight is 353 g/mol. The quantitative estimate of drug-likeness (QED) is 0.451. The third-order valence-corrected chi connectivity index (χ3v) is 6.23. The molecule has 114 valence electrons. The van der Waals surface area contributed by atoms with Crippen LogP contribution in [-0.2, 0) is 4.79 Å². The van der Waals surface area contributed by atoms with Crippen molar-refractivity contribution in [1.29, 1.82) is 0 Å². The van der Waals surface area contributed by atoms with Crippen LogP contribution in [0.4, 0.5) is 0 Å². The van der Waals surface area contributed by atoms with Crippen molar-refractivity contribution in [3.05, 3.63) is 48.0 Å². The molecule has 0 aliphatic carbocycles. The maximum atomic E-state index is 11.4. The number of benzene rings is 2. The normalized spacial score (nSPS) is 13.7. The summed E-state index contributed by atoms with van der Waals surface area (Å²) in [4.78, 5) is 14.0. The number of carbonyl (C=O) groups is 1. The Kier molecular flexibility index (Phi) is 4.86. The van der Waals surface area contributed by atoms with Gasteiger partial charge in [-0.3, -0.25) is 4.79 Å². The zero-order valence-electron chi connectivity index (χ0n) is 11.7. The first kappa shape index (κ1) is 15.6. The molecule has 0 fully saturated rings. The summed E-state index contributed by atoms with van der Waals surface area (Å²) in [5.41, 5.74) is 1.07. The minimum absolute atomic E-state index is 0.189. The molecule has 0 amide bonds. The molecule has 0 spiro atoms. The number of thioether (sulfide) groups is 2. The highest BCUT2D eigenvalue weighted by atomic mass is 35.5. The van der Waals surface area contributed by atoms with Gasteiger partial charge in [0, 0.05) is 9.79 Å². The number of methoxy groups -OCH3 is 1. The number of ether oxygens (including phenoxy) is 2. The van der Waals surface area contributed by atoms with Gasteiger partial charge in [-0.2, -0.15) is 0 Å². The largest absolute Gasteiger partial charge is 0.493 e. The van der Waals surface area contributed by atoms with Crippen LogP contribution in [0.2, 0.25) is 0 Å². The molecule has 1 aliphatic rings. The highest BCUT2D eigenvalue weighted by Crippen LogP contribution is 2.57. The topological polar surface area (TPSA) is 35.5 Å². The average Bonchev–Trinajstić information content (AvgIpc) is 2.98. The van der Waals surface area contributed by atoms with Crippen molar-refractivity contribution in [3.8, 4) is 11.5 Å². The lowest BCUT2D eigenvalue weighted by molar-refractivity contribution is -0.131. The van der Waals surface area contributed by atoms with Crippen molar-refractivity contribution >= 4 is 41.1 Å². The van der Waals surface area contributed by atoms with Gasteiger partial charge in [0.25, 0.3) is 0 Å². The number of alkyl halides is 1. The maximum absolute atomic E-state index is 11.4. The van der Waals surface area contributed by atoms with Gasteiger partial charge >= 0.3 is 5.97 Å². The molecule has 3 rings (SSSR count). The zero-order valence-corrected chi connectivity index (χ0v) is 14.1. The monoisotopic (exact) mass is 352 g/mol. The Morgan fingerprint density at radius 2 is 1.82 bits per heavy atom. The highest BCUT2D eigenvalue weighted by Gasteiger charge is 2.25. The summed E-state index contributed by atoms with van der Waals surface area (Å²) in [6.45, 7) is 0. The lowest BCUT2D eigenvalue weighted by atomic mass is 10.2. The summed E-state index contributed by atoms with van der Waals surface area (Å²) >= 11 is 9.08. The molecule has 0 bridgehead atoms. The van der Waals surface area contributed by atoms with E-state index in [4.69, 9.17) is 21.1 Å². The van der Waals surface area contributed by atoms with Crippen LogP contribution >= 0.6 is 35.1 Å². The van der Waals surface area contributed by atoms with Gasteiger partial charge in [0.05, 0.1) is 11.7 Å². The summed E-state index contributed by atoms with van der Waals surface area (Å²) in [7, 11) is 1.54. The van der Waals surface area contributed by atoms with Crippen LogP contribution in [-0.4, -0.2) is 19.0 Å². The van der Waals surface area contributed by atoms with E-state index in [0.29, 0.717) is 11.5 Å². The van der Waals surface area contributed by atoms with Gasteiger partial charge in [0.2, 0.25) is 0 Å². The smallest absolute Gasteiger partial charge is 0.326 e. The zero-order chi connectivity index (χ0) is 15.5. The lowest BCUT2D eigenvalue weighted by Crippen LogP contribution is -2.10. The predicted octanol–water partition coefficient (Wildman–Crippen LogP) is 4.74. The number of esters is 1. The Morgan fingerprint density at radius 1 is 1.14 bits per heavy atom. The second kappa shape index (κ2) is 6.86. The summed E-state index contributed by atoms with van der Waals surface area (Å²) in [6.07, 6.45) is 0. The van der Waals surface area contributed by atoms with Gasteiger partial charge in [-0.05, 0) is 29.8 Å². The van der Waals surface area contributed by atoms with Crippen molar-refractivity contribution in [2.45, 2.75) is 14.4 Å². The number of carbonyl (C=O) groups excluding carboxylic acids is 1. The first-order valence-corrected chi connectivity index (χ1v) is 8.87. The summed E-state index contributed by atoms with van der Waals surface area (Å²) in [6, 6.07) is 14.0. The molecule has 2 aromatic rings. The van der Waals surface area contributed by atoms with Gasteiger partial charge in [-0.25, -0.2) is 0 Å². The number of hydrogen-bond donors (Lipinski definition) is 0. The van der Waals surface area contributed by atoms with Crippen molar-refractivity contribution < 1.29 is 14.3 Å². The van der Waals surface area contributed by atoms with E-state index in [0.717, 1.165) is 5.56 Å². The Morgan fingerprint density at radius 3 is 2.41 bits per heavy atom. The molecule has 1 heterocycles. The van der Waals surface area contributed by atoms with E-state index in [1.54, 1.807) is 30.6 Å². The summed E-state index contributed by atoms with van der Waals surface area (Å²) in [5.74, 6) is 0.244. The Hall–Kier alpha value is -1.30. The van der Waals surface area contributed by atoms with Crippen LogP contribution in [0.25, 0.3) is 0 Å². The second-order valence-electron chi connectivity index (χ2n) is 4.53. The molecule has 0 saturated heterocycles. The Bertz CT molecular complexity index is 681. The molecule has 3 nitrogen and oxygen atoms in total. The van der Waals surface area contributed by atoms with Crippen molar-refractivity contribution in [1.82, 2.24) is 0 Å². The molecule has 6 heteroatoms. The minimum atomic E-state index is -0.493. The fourth-order valence-electron chi connectivity index (χ4n) is 2.11. The highest BCUT2D eigenvalue weighted by molar-refractivity contribution is 8.18. The second-order valence-corrected chi connectivity index (χ2v) is 7.39. The molecule has 0 radical (unpaired) electrons. The Labute approximate surface area is 142 Å². The van der Waals surface area contributed by atoms with Gasteiger partial charge in [-0.15, -0.1) is 35.1 Å². The van der Waals surface area contributed by atoms with Crippen LogP contribution in [0.3, 0.4) is 0 Å². The summed E-state index contributed by atoms with van der Waals surface area (Å²) in [5, 5.41) is 0. The minimum Gasteiger partial charge on any atom is -0.493 e. The third-order valence-electron chi connectivity index (χ3n) is 3.11. The van der Waals surface area contributed by atoms with Crippen molar-refractivity contribution in [3.63, 3.8) is 0 Å². The van der Waals surface area contributed by atoms with Crippen LogP contribution in [0.15, 0.2) is 52.3 Å². The van der Waals surface area contributed by atoms with E-state index in [1.807, 2.05) is 30.3 Å². The standard InChI is InChI=1S/C16H13ClO3S2/c1-19-11-7-6-10(8-12(11)20-15(18)9-17)16-21-13-4-2-3-5-14(13)22-16/h2-8,16H,9H2,1H3. The maximum Gasteiger partial charge on any atom is 0.326 e. The molecule has 1 aliphatic heterocycles. The van der Waals surface area contributed by atoms with Crippen molar-refractivity contribution in [2.24, 2.45) is 0 Å². The number of hydrogen-bond acceptors (Lipinski definition) is 5. The molecule has 0 aromatic heterocycles. The van der Waals surface area contributed by atoms with Gasteiger partial charge in [-0.1, -0.05) is 18.2 Å². The number of fused-ring (bicyclic) bond motifs is 1. The Balaban J connectivity index is 1.86. The van der Waals surface area contributed by atoms with Crippen LogP contribution < -0.4 is 9.47 Å². The molecule has 0 saturated carbocycles. The van der Waals surface area contributed by atoms with Gasteiger partial charge in [0.1, 0.15) is 5.88 Å². The molecule has 0 unspecified atom stereocenters. The van der Waals surface area contributed by atoms with Crippen LogP contribution in [0.5, 0.6) is 11.5 Å². The SMILES string of the molecule is COc1ccc(C2Sc3ccccc3S2)cc1OC(=O)CCl. The molecular weight excluding hydrogens is 340 g/mol. The predicted molar refractivity (Wildman–Crippen MR) is 90.2 cm³/mol. The van der Waals surface area contributed by atoms with E-state index in [2.05, 4.69) is 12.1 Å². The van der Waals surface area contributed by atoms with Crippen LogP contribution in [0, 0.1) is 0 Å². The molecule has 22 heavy (non-hydrogen) atoms.